The summed E-state index contributed by atoms with van der Waals surface area (Å²) in [5.74, 6) is 0.797. The Labute approximate surface area is 117 Å². The maximum atomic E-state index is 11.6. The highest BCUT2D eigenvalue weighted by Crippen LogP contribution is 2.38. The van der Waals surface area contributed by atoms with Crippen molar-refractivity contribution >= 4 is 6.29 Å². The molecule has 2 rings (SSSR count). The molecule has 0 bridgehead atoms. The van der Waals surface area contributed by atoms with Crippen molar-refractivity contribution < 1.29 is 9.53 Å². The van der Waals surface area contributed by atoms with Crippen LogP contribution in [-0.4, -0.2) is 43.5 Å². The predicted octanol–water partition coefficient (Wildman–Crippen LogP) is 2.88. The van der Waals surface area contributed by atoms with E-state index in [1.54, 1.807) is 0 Å². The first-order chi connectivity index (χ1) is 9.17. The molecule has 1 saturated heterocycles. The molecule has 1 atom stereocenters. The quantitative estimate of drug-likeness (QED) is 0.717. The van der Waals surface area contributed by atoms with Crippen LogP contribution in [0.15, 0.2) is 0 Å². The van der Waals surface area contributed by atoms with E-state index in [0.29, 0.717) is 6.10 Å². The highest BCUT2D eigenvalue weighted by Gasteiger charge is 2.36. The first kappa shape index (κ1) is 15.0. The zero-order valence-corrected chi connectivity index (χ0v) is 12.6. The molecule has 1 unspecified atom stereocenters. The van der Waals surface area contributed by atoms with Crippen LogP contribution < -0.4 is 0 Å². The lowest BCUT2D eigenvalue weighted by atomic mass is 9.71. The summed E-state index contributed by atoms with van der Waals surface area (Å²) in [5, 5.41) is 0. The van der Waals surface area contributed by atoms with Crippen LogP contribution in [0.5, 0.6) is 0 Å². The van der Waals surface area contributed by atoms with Gasteiger partial charge in [-0.15, -0.1) is 0 Å². The van der Waals surface area contributed by atoms with Crippen LogP contribution in [0.1, 0.15) is 52.4 Å². The summed E-state index contributed by atoms with van der Waals surface area (Å²) < 4.78 is 5.76. The number of rotatable bonds is 5. The fourth-order valence-electron chi connectivity index (χ4n) is 3.62. The molecule has 1 aliphatic heterocycles. The molecule has 0 aromatic rings. The summed E-state index contributed by atoms with van der Waals surface area (Å²) >= 11 is 0. The van der Waals surface area contributed by atoms with E-state index in [1.165, 1.54) is 32.0 Å². The average Bonchev–Trinajstić information content (AvgIpc) is 2.43. The molecule has 0 spiro atoms. The van der Waals surface area contributed by atoms with Gasteiger partial charge in [0.1, 0.15) is 6.29 Å². The van der Waals surface area contributed by atoms with E-state index in [9.17, 15) is 4.79 Å². The summed E-state index contributed by atoms with van der Waals surface area (Å²) in [4.78, 5) is 14.1. The van der Waals surface area contributed by atoms with Crippen molar-refractivity contribution in [2.24, 2.45) is 11.3 Å². The molecule has 0 radical (unpaired) electrons. The van der Waals surface area contributed by atoms with Gasteiger partial charge in [0.25, 0.3) is 0 Å². The molecule has 110 valence electrons. The number of carbonyl (C=O) groups excluding carboxylic acids is 1. The van der Waals surface area contributed by atoms with Gasteiger partial charge in [-0.1, -0.05) is 6.92 Å². The van der Waals surface area contributed by atoms with Gasteiger partial charge in [0, 0.05) is 25.1 Å². The number of carbonyl (C=O) groups is 1. The second-order valence-electron chi connectivity index (χ2n) is 6.62. The second-order valence-corrected chi connectivity index (χ2v) is 6.62. The number of piperidine rings is 1. The minimum absolute atomic E-state index is 0.0688. The topological polar surface area (TPSA) is 29.5 Å². The summed E-state index contributed by atoms with van der Waals surface area (Å²) in [6.45, 7) is 8.27. The van der Waals surface area contributed by atoms with Crippen LogP contribution in [0, 0.1) is 11.3 Å². The van der Waals surface area contributed by atoms with Gasteiger partial charge in [0.2, 0.25) is 0 Å². The average molecular weight is 267 g/mol. The standard InChI is InChI=1S/C16H29NO2/c1-3-19-15-5-4-10-17(11-15)12-16(13-18)8-6-14(2)7-9-16/h13-15H,3-12H2,1-2H3. The number of likely N-dealkylation sites (tertiary alicyclic amines) is 1. The van der Waals surface area contributed by atoms with Gasteiger partial charge in [0.05, 0.1) is 6.10 Å². The Morgan fingerprint density at radius 2 is 2.05 bits per heavy atom. The Hall–Kier alpha value is -0.410. The normalized spacial score (nSPS) is 37.2. The first-order valence-electron chi connectivity index (χ1n) is 7.98. The summed E-state index contributed by atoms with van der Waals surface area (Å²) in [6, 6.07) is 0. The SMILES string of the molecule is CCOC1CCCN(CC2(C=O)CCC(C)CC2)C1. The van der Waals surface area contributed by atoms with Crippen LogP contribution in [0.25, 0.3) is 0 Å². The Balaban J connectivity index is 1.89. The van der Waals surface area contributed by atoms with Crippen molar-refractivity contribution in [1.29, 1.82) is 0 Å². The van der Waals surface area contributed by atoms with Crippen molar-refractivity contribution in [1.82, 2.24) is 4.90 Å². The molecule has 19 heavy (non-hydrogen) atoms. The zero-order chi connectivity index (χ0) is 13.7. The van der Waals surface area contributed by atoms with Gasteiger partial charge in [-0.25, -0.2) is 0 Å². The Morgan fingerprint density at radius 1 is 1.32 bits per heavy atom. The predicted molar refractivity (Wildman–Crippen MR) is 77.2 cm³/mol. The molecule has 3 nitrogen and oxygen atoms in total. The monoisotopic (exact) mass is 267 g/mol. The third-order valence-electron chi connectivity index (χ3n) is 4.92. The molecular formula is C16H29NO2. The molecule has 0 N–H and O–H groups in total. The van der Waals surface area contributed by atoms with Crippen molar-refractivity contribution in [3.8, 4) is 0 Å². The van der Waals surface area contributed by atoms with Crippen LogP contribution >= 0.6 is 0 Å². The second kappa shape index (κ2) is 6.85. The van der Waals surface area contributed by atoms with Crippen LogP contribution in [0.4, 0.5) is 0 Å². The summed E-state index contributed by atoms with van der Waals surface area (Å²) in [5.41, 5.74) is -0.0688. The number of nitrogens with zero attached hydrogens (tertiary/aromatic N) is 1. The van der Waals surface area contributed by atoms with Gasteiger partial charge in [-0.3, -0.25) is 4.90 Å². The maximum Gasteiger partial charge on any atom is 0.127 e. The van der Waals surface area contributed by atoms with Crippen molar-refractivity contribution in [2.75, 3.05) is 26.2 Å². The summed E-state index contributed by atoms with van der Waals surface area (Å²) in [7, 11) is 0. The third-order valence-corrected chi connectivity index (χ3v) is 4.92. The highest BCUT2D eigenvalue weighted by atomic mass is 16.5. The highest BCUT2D eigenvalue weighted by molar-refractivity contribution is 5.60. The molecule has 0 amide bonds. The lowest BCUT2D eigenvalue weighted by Crippen LogP contribution is -2.47. The third kappa shape index (κ3) is 4.03. The van der Waals surface area contributed by atoms with Crippen molar-refractivity contribution in [3.63, 3.8) is 0 Å². The van der Waals surface area contributed by atoms with Crippen molar-refractivity contribution in [3.05, 3.63) is 0 Å². The van der Waals surface area contributed by atoms with Gasteiger partial charge in [0.15, 0.2) is 0 Å². The van der Waals surface area contributed by atoms with Crippen LogP contribution in [-0.2, 0) is 9.53 Å². The molecule has 3 heteroatoms. The van der Waals surface area contributed by atoms with Gasteiger partial charge >= 0.3 is 0 Å². The smallest absolute Gasteiger partial charge is 0.127 e. The molecule has 2 aliphatic rings. The zero-order valence-electron chi connectivity index (χ0n) is 12.6. The molecule has 1 saturated carbocycles. The fraction of sp³-hybridized carbons (Fsp3) is 0.938. The van der Waals surface area contributed by atoms with E-state index in [0.717, 1.165) is 45.0 Å². The number of aldehydes is 1. The molecular weight excluding hydrogens is 238 g/mol. The number of ether oxygens (including phenoxy) is 1. The lowest BCUT2D eigenvalue weighted by molar-refractivity contribution is -0.120. The van der Waals surface area contributed by atoms with Crippen LogP contribution in [0.2, 0.25) is 0 Å². The minimum atomic E-state index is -0.0688. The maximum absolute atomic E-state index is 11.6. The Morgan fingerprint density at radius 3 is 2.68 bits per heavy atom. The molecule has 1 aliphatic carbocycles. The van der Waals surface area contributed by atoms with Gasteiger partial charge in [-0.05, 0) is 57.9 Å². The lowest BCUT2D eigenvalue weighted by Gasteiger charge is -2.41. The number of hydrogen-bond donors (Lipinski definition) is 0. The number of hydrogen-bond acceptors (Lipinski definition) is 3. The van der Waals surface area contributed by atoms with E-state index in [4.69, 9.17) is 4.74 Å². The Kier molecular flexibility index (Phi) is 5.40. The molecule has 2 fully saturated rings. The summed E-state index contributed by atoms with van der Waals surface area (Å²) in [6.07, 6.45) is 8.59. The molecule has 0 aromatic heterocycles. The van der Waals surface area contributed by atoms with E-state index in [-0.39, 0.29) is 5.41 Å². The van der Waals surface area contributed by atoms with Gasteiger partial charge in [-0.2, -0.15) is 0 Å². The molecule has 1 heterocycles. The van der Waals surface area contributed by atoms with Crippen LogP contribution in [0.3, 0.4) is 0 Å². The minimum Gasteiger partial charge on any atom is -0.377 e. The van der Waals surface area contributed by atoms with E-state index < -0.39 is 0 Å². The van der Waals surface area contributed by atoms with Crippen molar-refractivity contribution in [2.45, 2.75) is 58.5 Å². The van der Waals surface area contributed by atoms with E-state index >= 15 is 0 Å². The fourth-order valence-corrected chi connectivity index (χ4v) is 3.62. The van der Waals surface area contributed by atoms with E-state index in [1.807, 2.05) is 0 Å². The largest absolute Gasteiger partial charge is 0.377 e. The van der Waals surface area contributed by atoms with E-state index in [2.05, 4.69) is 18.7 Å². The molecule has 0 aromatic carbocycles. The Bertz CT molecular complexity index is 282. The first-order valence-corrected chi connectivity index (χ1v) is 7.98. The van der Waals surface area contributed by atoms with Gasteiger partial charge < -0.3 is 9.53 Å².